The van der Waals surface area contributed by atoms with Gasteiger partial charge in [0.05, 0.1) is 0 Å². The van der Waals surface area contributed by atoms with Crippen molar-refractivity contribution in [3.8, 4) is 0 Å². The number of aryl methyl sites for hydroxylation is 1. The molecule has 1 fully saturated rings. The summed E-state index contributed by atoms with van der Waals surface area (Å²) in [6, 6.07) is 7.04. The molecule has 124 valence electrons. The van der Waals surface area contributed by atoms with E-state index in [4.69, 9.17) is 0 Å². The van der Waals surface area contributed by atoms with Gasteiger partial charge in [-0.1, -0.05) is 56.5 Å². The first-order valence-electron chi connectivity index (χ1n) is 9.03. The first-order chi connectivity index (χ1) is 11.0. The summed E-state index contributed by atoms with van der Waals surface area (Å²) in [5, 5.41) is 0. The molecule has 2 rings (SSSR count). The van der Waals surface area contributed by atoms with E-state index < -0.39 is 0 Å². The van der Waals surface area contributed by atoms with E-state index in [9.17, 15) is 0 Å². The Labute approximate surface area is 142 Å². The lowest BCUT2D eigenvalue weighted by Gasteiger charge is -2.25. The summed E-state index contributed by atoms with van der Waals surface area (Å²) in [4.78, 5) is 4.47. The third-order valence-corrected chi connectivity index (χ3v) is 4.81. The molecule has 1 heteroatoms. The predicted octanol–water partition coefficient (Wildman–Crippen LogP) is 6.69. The van der Waals surface area contributed by atoms with Crippen LogP contribution in [0.25, 0.3) is 5.57 Å². The lowest BCUT2D eigenvalue weighted by Crippen LogP contribution is -2.09. The lowest BCUT2D eigenvalue weighted by atomic mass is 9.79. The van der Waals surface area contributed by atoms with Gasteiger partial charge in [-0.15, -0.1) is 0 Å². The number of hydrogen-bond acceptors (Lipinski definition) is 1. The van der Waals surface area contributed by atoms with Gasteiger partial charge in [-0.2, -0.15) is 0 Å². The van der Waals surface area contributed by atoms with Gasteiger partial charge in [-0.3, -0.25) is 4.99 Å². The monoisotopic (exact) mass is 309 g/mol. The molecular weight excluding hydrogens is 278 g/mol. The van der Waals surface area contributed by atoms with Crippen LogP contribution in [0.15, 0.2) is 41.0 Å². The van der Waals surface area contributed by atoms with Crippen molar-refractivity contribution in [3.63, 3.8) is 0 Å². The van der Waals surface area contributed by atoms with Crippen molar-refractivity contribution < 1.29 is 0 Å². The molecule has 0 unspecified atom stereocenters. The van der Waals surface area contributed by atoms with Gasteiger partial charge in [0, 0.05) is 11.9 Å². The zero-order valence-electron chi connectivity index (χ0n) is 15.3. The van der Waals surface area contributed by atoms with Gasteiger partial charge < -0.3 is 0 Å². The largest absolute Gasteiger partial charge is 0.262 e. The minimum absolute atomic E-state index is 0.706. The fourth-order valence-corrected chi connectivity index (χ4v) is 3.47. The van der Waals surface area contributed by atoms with Crippen molar-refractivity contribution in [1.29, 1.82) is 0 Å². The van der Waals surface area contributed by atoms with Crippen molar-refractivity contribution in [1.82, 2.24) is 0 Å². The van der Waals surface area contributed by atoms with Crippen LogP contribution in [0.3, 0.4) is 0 Å². The van der Waals surface area contributed by atoms with Gasteiger partial charge in [-0.25, -0.2) is 0 Å². The number of hydrogen-bond donors (Lipinski definition) is 0. The summed E-state index contributed by atoms with van der Waals surface area (Å²) in [7, 11) is 0. The van der Waals surface area contributed by atoms with Crippen LogP contribution in [0.5, 0.6) is 0 Å². The van der Waals surface area contributed by atoms with E-state index in [-0.39, 0.29) is 0 Å². The highest BCUT2D eigenvalue weighted by Gasteiger charge is 2.20. The lowest BCUT2D eigenvalue weighted by molar-refractivity contribution is 0.443. The summed E-state index contributed by atoms with van der Waals surface area (Å²) < 4.78 is 0. The van der Waals surface area contributed by atoms with Gasteiger partial charge in [0.15, 0.2) is 0 Å². The Hall–Kier alpha value is -1.63. The van der Waals surface area contributed by atoms with Crippen molar-refractivity contribution in [2.24, 2.45) is 4.99 Å². The van der Waals surface area contributed by atoms with Crippen LogP contribution in [0.2, 0.25) is 0 Å². The Morgan fingerprint density at radius 3 is 2.43 bits per heavy atom. The molecule has 1 aliphatic carbocycles. The molecule has 1 aromatic carbocycles. The summed E-state index contributed by atoms with van der Waals surface area (Å²) in [5.74, 6) is 0.706. The molecule has 1 nitrogen and oxygen atoms in total. The van der Waals surface area contributed by atoms with Crippen LogP contribution in [0.4, 0.5) is 0 Å². The third-order valence-electron chi connectivity index (χ3n) is 4.81. The highest BCUT2D eigenvalue weighted by Crippen LogP contribution is 2.37. The molecular formula is C22H31N. The highest BCUT2D eigenvalue weighted by molar-refractivity contribution is 6.11. The first-order valence-corrected chi connectivity index (χ1v) is 9.03. The standard InChI is InChI=1S/C22H31N/c1-6-18-12-13-20(22(16(2)3)15-23-17(4)5)21(14-18)19-10-8-7-9-11-19/h12-15,19H,4,6-11H2,1-3,5H3. The molecule has 0 N–H and O–H groups in total. The van der Waals surface area contributed by atoms with Crippen LogP contribution in [0, 0.1) is 0 Å². The van der Waals surface area contributed by atoms with Crippen LogP contribution in [-0.2, 0) is 6.42 Å². The van der Waals surface area contributed by atoms with Crippen LogP contribution >= 0.6 is 0 Å². The zero-order valence-corrected chi connectivity index (χ0v) is 15.3. The molecule has 0 spiro atoms. The van der Waals surface area contributed by atoms with Gasteiger partial charge in [0.2, 0.25) is 0 Å². The molecule has 1 saturated carbocycles. The van der Waals surface area contributed by atoms with Gasteiger partial charge in [0.1, 0.15) is 0 Å². The van der Waals surface area contributed by atoms with Crippen LogP contribution < -0.4 is 0 Å². The fraction of sp³-hybridized carbons (Fsp3) is 0.500. The van der Waals surface area contributed by atoms with E-state index in [1.807, 2.05) is 13.1 Å². The minimum atomic E-state index is 0.706. The minimum Gasteiger partial charge on any atom is -0.262 e. The molecule has 23 heavy (non-hydrogen) atoms. The molecule has 1 aliphatic rings. The van der Waals surface area contributed by atoms with Crippen molar-refractivity contribution in [2.75, 3.05) is 0 Å². The number of benzene rings is 1. The molecule has 0 radical (unpaired) electrons. The first kappa shape index (κ1) is 17.7. The maximum absolute atomic E-state index is 4.47. The van der Waals surface area contributed by atoms with Crippen molar-refractivity contribution >= 4 is 11.8 Å². The second-order valence-corrected chi connectivity index (χ2v) is 7.02. The Morgan fingerprint density at radius 1 is 1.17 bits per heavy atom. The Morgan fingerprint density at radius 2 is 1.87 bits per heavy atom. The highest BCUT2D eigenvalue weighted by atomic mass is 14.7. The van der Waals surface area contributed by atoms with Crippen molar-refractivity contribution in [2.45, 2.75) is 72.1 Å². The van der Waals surface area contributed by atoms with Crippen molar-refractivity contribution in [3.05, 3.63) is 52.7 Å². The average Bonchev–Trinajstić information content (AvgIpc) is 2.55. The summed E-state index contributed by atoms with van der Waals surface area (Å²) in [6.45, 7) is 12.4. The van der Waals surface area contributed by atoms with E-state index in [1.165, 1.54) is 59.9 Å². The van der Waals surface area contributed by atoms with E-state index in [0.717, 1.165) is 12.1 Å². The number of allylic oxidation sites excluding steroid dienone is 3. The zero-order chi connectivity index (χ0) is 16.8. The summed E-state index contributed by atoms with van der Waals surface area (Å²) in [6.07, 6.45) is 9.89. The maximum atomic E-state index is 4.47. The second-order valence-electron chi connectivity index (χ2n) is 7.02. The fourth-order valence-electron chi connectivity index (χ4n) is 3.47. The van der Waals surface area contributed by atoms with Crippen LogP contribution in [-0.4, -0.2) is 6.21 Å². The molecule has 0 heterocycles. The Bertz CT molecular complexity index is 609. The van der Waals surface area contributed by atoms with Gasteiger partial charge in [0.25, 0.3) is 0 Å². The average molecular weight is 309 g/mol. The smallest absolute Gasteiger partial charge is 0.0348 e. The summed E-state index contributed by atoms with van der Waals surface area (Å²) in [5.41, 5.74) is 7.78. The third kappa shape index (κ3) is 4.67. The molecule has 0 aromatic heterocycles. The van der Waals surface area contributed by atoms with E-state index in [0.29, 0.717) is 5.92 Å². The SMILES string of the molecule is C=C(C)N=CC(=C(C)C)c1ccc(CC)cc1C1CCCCC1. The molecule has 1 aromatic rings. The number of rotatable bonds is 5. The Kier molecular flexibility index (Phi) is 6.38. The molecule has 0 aliphatic heterocycles. The molecule has 0 bridgehead atoms. The van der Waals surface area contributed by atoms with E-state index >= 15 is 0 Å². The topological polar surface area (TPSA) is 12.4 Å². The molecule has 0 saturated heterocycles. The maximum Gasteiger partial charge on any atom is 0.0348 e. The molecule has 0 atom stereocenters. The van der Waals surface area contributed by atoms with Gasteiger partial charge in [-0.05, 0) is 68.2 Å². The predicted molar refractivity (Wildman–Crippen MR) is 103 cm³/mol. The Balaban J connectivity index is 2.50. The van der Waals surface area contributed by atoms with E-state index in [2.05, 4.69) is 50.5 Å². The normalized spacial score (nSPS) is 15.8. The van der Waals surface area contributed by atoms with Gasteiger partial charge >= 0.3 is 0 Å². The van der Waals surface area contributed by atoms with E-state index in [1.54, 1.807) is 0 Å². The number of aliphatic imine (C=N–C) groups is 1. The second kappa shape index (κ2) is 8.29. The quantitative estimate of drug-likeness (QED) is 0.537. The number of nitrogens with zero attached hydrogens (tertiary/aromatic N) is 1. The van der Waals surface area contributed by atoms with Crippen LogP contribution in [0.1, 0.15) is 82.4 Å². The molecule has 0 amide bonds. The summed E-state index contributed by atoms with van der Waals surface area (Å²) >= 11 is 0.